The Balaban J connectivity index is 1.93. The lowest BCUT2D eigenvalue weighted by Gasteiger charge is -2.19. The van der Waals surface area contributed by atoms with Gasteiger partial charge in [0.2, 0.25) is 0 Å². The van der Waals surface area contributed by atoms with Crippen LogP contribution in [-0.2, 0) is 11.8 Å². The van der Waals surface area contributed by atoms with E-state index in [1.165, 1.54) is 23.0 Å². The molecule has 0 radical (unpaired) electrons. The molecule has 0 saturated carbocycles. The molecule has 1 N–H and O–H groups in total. The van der Waals surface area contributed by atoms with Crippen LogP contribution in [0.4, 0.5) is 8.78 Å². The van der Waals surface area contributed by atoms with Crippen molar-refractivity contribution < 1.29 is 8.78 Å². The third kappa shape index (κ3) is 3.45. The molecule has 0 aliphatic rings. The number of fused-ring (bicyclic) bond motifs is 1. The number of hydrogen-bond acceptors (Lipinski definition) is 3. The predicted molar refractivity (Wildman–Crippen MR) is 119 cm³/mol. The lowest BCUT2D eigenvalue weighted by atomic mass is 9.86. The van der Waals surface area contributed by atoms with E-state index in [-0.39, 0.29) is 16.8 Å². The quantitative estimate of drug-likeness (QED) is 0.410. The van der Waals surface area contributed by atoms with Crippen molar-refractivity contribution in [1.29, 1.82) is 0 Å². The summed E-state index contributed by atoms with van der Waals surface area (Å²) in [6.07, 6.45) is 0.722. The van der Waals surface area contributed by atoms with Crippen molar-refractivity contribution in [1.82, 2.24) is 9.97 Å². The first-order valence-corrected chi connectivity index (χ1v) is 10.6. The van der Waals surface area contributed by atoms with Crippen LogP contribution in [0.15, 0.2) is 47.3 Å². The van der Waals surface area contributed by atoms with Crippen LogP contribution in [0.3, 0.4) is 0 Å². The summed E-state index contributed by atoms with van der Waals surface area (Å²) in [6, 6.07) is 11.8. The lowest BCUT2D eigenvalue weighted by Crippen LogP contribution is -2.11. The summed E-state index contributed by atoms with van der Waals surface area (Å²) in [5.41, 5.74) is 2.28. The topological polar surface area (TPSA) is 45.8 Å². The maximum Gasteiger partial charge on any atom is 0.260 e. The van der Waals surface area contributed by atoms with E-state index in [0.717, 1.165) is 34.6 Å². The molecule has 0 amide bonds. The SMILES string of the molecule is CCc1sc2nc(-c3c(F)cccc3F)[nH]c(=O)c2c1-c1ccc(C(C)(C)C)cc1. The molecule has 0 bridgehead atoms. The third-order valence-electron chi connectivity index (χ3n) is 5.20. The molecule has 6 heteroatoms. The number of H-pyrrole nitrogens is 1. The van der Waals surface area contributed by atoms with Gasteiger partial charge >= 0.3 is 0 Å². The summed E-state index contributed by atoms with van der Waals surface area (Å²) in [5, 5.41) is 0.459. The normalized spacial score (nSPS) is 11.9. The summed E-state index contributed by atoms with van der Waals surface area (Å²) in [7, 11) is 0. The van der Waals surface area contributed by atoms with Gasteiger partial charge in [-0.05, 0) is 35.1 Å². The smallest absolute Gasteiger partial charge is 0.260 e. The van der Waals surface area contributed by atoms with Gasteiger partial charge in [0.05, 0.1) is 10.9 Å². The van der Waals surface area contributed by atoms with E-state index in [2.05, 4.69) is 42.9 Å². The van der Waals surface area contributed by atoms with Gasteiger partial charge in [-0.2, -0.15) is 0 Å². The van der Waals surface area contributed by atoms with Crippen LogP contribution in [0.25, 0.3) is 32.7 Å². The first-order chi connectivity index (χ1) is 14.2. The van der Waals surface area contributed by atoms with Gasteiger partial charge in [-0.1, -0.05) is 58.0 Å². The van der Waals surface area contributed by atoms with Crippen molar-refractivity contribution in [2.24, 2.45) is 0 Å². The predicted octanol–water partition coefficient (Wildman–Crippen LogP) is 6.46. The molecular weight excluding hydrogens is 402 g/mol. The van der Waals surface area contributed by atoms with Crippen LogP contribution in [-0.4, -0.2) is 9.97 Å². The molecule has 0 atom stereocenters. The van der Waals surface area contributed by atoms with E-state index in [0.29, 0.717) is 10.2 Å². The number of nitrogens with one attached hydrogen (secondary N) is 1. The highest BCUT2D eigenvalue weighted by atomic mass is 32.1. The second-order valence-corrected chi connectivity index (χ2v) is 9.36. The maximum atomic E-state index is 14.2. The first kappa shape index (κ1) is 20.4. The average molecular weight is 425 g/mol. The Labute approximate surface area is 177 Å². The van der Waals surface area contributed by atoms with Gasteiger partial charge in [0.15, 0.2) is 0 Å². The van der Waals surface area contributed by atoms with Gasteiger partial charge in [-0.15, -0.1) is 11.3 Å². The molecule has 0 fully saturated rings. The highest BCUT2D eigenvalue weighted by Crippen LogP contribution is 2.38. The molecule has 4 rings (SSSR count). The van der Waals surface area contributed by atoms with E-state index < -0.39 is 17.2 Å². The number of thiophene rings is 1. The maximum absolute atomic E-state index is 14.2. The fourth-order valence-electron chi connectivity index (χ4n) is 3.59. The number of benzene rings is 2. The zero-order valence-corrected chi connectivity index (χ0v) is 18.1. The van der Waals surface area contributed by atoms with Gasteiger partial charge in [0, 0.05) is 10.4 Å². The molecule has 30 heavy (non-hydrogen) atoms. The van der Waals surface area contributed by atoms with Crippen LogP contribution in [0.1, 0.15) is 38.1 Å². The summed E-state index contributed by atoms with van der Waals surface area (Å²) in [5.74, 6) is -1.62. The van der Waals surface area contributed by atoms with Crippen molar-refractivity contribution in [3.8, 4) is 22.5 Å². The molecule has 3 nitrogen and oxygen atoms in total. The van der Waals surface area contributed by atoms with Crippen LogP contribution in [0, 0.1) is 11.6 Å². The minimum atomic E-state index is -0.761. The zero-order chi connectivity index (χ0) is 21.6. The molecule has 0 aliphatic carbocycles. The molecule has 154 valence electrons. The fourth-order valence-corrected chi connectivity index (χ4v) is 4.72. The van der Waals surface area contributed by atoms with Crippen molar-refractivity contribution in [3.63, 3.8) is 0 Å². The second-order valence-electron chi connectivity index (χ2n) is 8.27. The molecular formula is C24H22F2N2OS. The average Bonchev–Trinajstić information content (AvgIpc) is 3.06. The van der Waals surface area contributed by atoms with Crippen LogP contribution >= 0.6 is 11.3 Å². The van der Waals surface area contributed by atoms with Crippen LogP contribution in [0.5, 0.6) is 0 Å². The number of aromatic nitrogens is 2. The van der Waals surface area contributed by atoms with Gasteiger partial charge in [-0.3, -0.25) is 4.79 Å². The first-order valence-electron chi connectivity index (χ1n) is 9.81. The van der Waals surface area contributed by atoms with Gasteiger partial charge in [-0.25, -0.2) is 13.8 Å². The minimum absolute atomic E-state index is 0.0284. The standard InChI is InChI=1S/C24H22F2N2OS/c1-5-17-18(13-9-11-14(12-10-13)24(2,3)4)20-22(29)27-21(28-23(20)30-17)19-15(25)7-6-8-16(19)26/h6-12H,5H2,1-4H3,(H,27,28,29). The molecule has 4 aromatic rings. The Morgan fingerprint density at radius 3 is 2.20 bits per heavy atom. The van der Waals surface area contributed by atoms with Crippen molar-refractivity contribution in [2.75, 3.05) is 0 Å². The Bertz CT molecular complexity index is 1280. The Hall–Kier alpha value is -2.86. The van der Waals surface area contributed by atoms with Gasteiger partial charge in [0.25, 0.3) is 5.56 Å². The molecule has 0 spiro atoms. The van der Waals surface area contributed by atoms with E-state index in [1.54, 1.807) is 0 Å². The summed E-state index contributed by atoms with van der Waals surface area (Å²) < 4.78 is 28.4. The largest absolute Gasteiger partial charge is 0.306 e. The van der Waals surface area contributed by atoms with E-state index >= 15 is 0 Å². The monoisotopic (exact) mass is 424 g/mol. The number of rotatable bonds is 3. The summed E-state index contributed by atoms with van der Waals surface area (Å²) in [4.78, 5) is 21.5. The third-order valence-corrected chi connectivity index (χ3v) is 6.42. The van der Waals surface area contributed by atoms with Gasteiger partial charge in [0.1, 0.15) is 22.3 Å². The van der Waals surface area contributed by atoms with E-state index in [9.17, 15) is 13.6 Å². The highest BCUT2D eigenvalue weighted by Gasteiger charge is 2.21. The molecule has 2 aromatic carbocycles. The molecule has 0 saturated heterocycles. The second kappa shape index (κ2) is 7.43. The fraction of sp³-hybridized carbons (Fsp3) is 0.250. The molecule has 2 heterocycles. The van der Waals surface area contributed by atoms with E-state index in [1.807, 2.05) is 19.1 Å². The molecule has 2 aromatic heterocycles. The van der Waals surface area contributed by atoms with Crippen LogP contribution in [0.2, 0.25) is 0 Å². The van der Waals surface area contributed by atoms with E-state index in [4.69, 9.17) is 0 Å². The summed E-state index contributed by atoms with van der Waals surface area (Å²) in [6.45, 7) is 8.47. The Morgan fingerprint density at radius 2 is 1.63 bits per heavy atom. The Morgan fingerprint density at radius 1 is 1.00 bits per heavy atom. The lowest BCUT2D eigenvalue weighted by molar-refractivity contribution is 0.587. The number of halogens is 2. The highest BCUT2D eigenvalue weighted by molar-refractivity contribution is 7.19. The number of aromatic amines is 1. The number of hydrogen-bond donors (Lipinski definition) is 1. The van der Waals surface area contributed by atoms with Gasteiger partial charge < -0.3 is 4.98 Å². The van der Waals surface area contributed by atoms with Crippen molar-refractivity contribution in [3.05, 3.63) is 74.9 Å². The minimum Gasteiger partial charge on any atom is -0.306 e. The van der Waals surface area contributed by atoms with Crippen molar-refractivity contribution in [2.45, 2.75) is 39.5 Å². The van der Waals surface area contributed by atoms with Crippen molar-refractivity contribution >= 4 is 21.6 Å². The van der Waals surface area contributed by atoms with Crippen LogP contribution < -0.4 is 5.56 Å². The Kier molecular flexibility index (Phi) is 5.06. The zero-order valence-electron chi connectivity index (χ0n) is 17.3. The number of aryl methyl sites for hydroxylation is 1. The summed E-state index contributed by atoms with van der Waals surface area (Å²) >= 11 is 1.39. The number of nitrogens with zero attached hydrogens (tertiary/aromatic N) is 1. The molecule has 0 aliphatic heterocycles. The molecule has 0 unspecified atom stereocenters.